The average Bonchev–Trinajstić information content (AvgIpc) is 2.03. The number of halogens is 2. The van der Waals surface area contributed by atoms with Gasteiger partial charge in [0.15, 0.2) is 0 Å². The van der Waals surface area contributed by atoms with Crippen molar-refractivity contribution < 1.29 is 3.07 Å². The van der Waals surface area contributed by atoms with Crippen LogP contribution in [-0.4, -0.2) is 17.9 Å². The average molecular weight is 298 g/mol. The van der Waals surface area contributed by atoms with Crippen LogP contribution in [-0.2, 0) is 9.68 Å². The molecule has 0 bridgehead atoms. The molecule has 1 nitrogen and oxygen atoms in total. The molecule has 0 amide bonds. The fraction of sp³-hybridized carbons (Fsp3) is 0.143. The van der Waals surface area contributed by atoms with Gasteiger partial charge < -0.3 is 0 Å². The molecule has 0 aromatic heterocycles. The van der Waals surface area contributed by atoms with Crippen LogP contribution in [0.25, 0.3) is 0 Å². The first kappa shape index (κ1) is 9.65. The molecule has 1 aromatic rings. The molecule has 4 heteroatoms. The summed E-state index contributed by atoms with van der Waals surface area (Å²) in [5.74, 6) is 0. The summed E-state index contributed by atoms with van der Waals surface area (Å²) >= 11 is -2.49. The van der Waals surface area contributed by atoms with Gasteiger partial charge in [-0.1, -0.05) is 0 Å². The van der Waals surface area contributed by atoms with Crippen molar-refractivity contribution in [1.29, 1.82) is 0 Å². The molecule has 0 radical (unpaired) electrons. The quantitative estimate of drug-likeness (QED) is 0.779. The number of hydrogen-bond acceptors (Lipinski definition) is 1. The van der Waals surface area contributed by atoms with Crippen molar-refractivity contribution in [2.24, 2.45) is 0 Å². The molecule has 0 fully saturated rings. The van der Waals surface area contributed by atoms with Gasteiger partial charge in [-0.2, -0.15) is 0 Å². The third-order valence-electron chi connectivity index (χ3n) is 1.22. The maximum atomic E-state index is 5.58. The Morgan fingerprint density at radius 1 is 1.18 bits per heavy atom. The van der Waals surface area contributed by atoms with Gasteiger partial charge in [0.2, 0.25) is 0 Å². The van der Waals surface area contributed by atoms with E-state index in [1.807, 2.05) is 30.3 Å². The van der Waals surface area contributed by atoms with Gasteiger partial charge in [0.1, 0.15) is 0 Å². The zero-order chi connectivity index (χ0) is 8.10. The van der Waals surface area contributed by atoms with Gasteiger partial charge in [0.05, 0.1) is 0 Å². The summed E-state index contributed by atoms with van der Waals surface area (Å²) in [7, 11) is 11.2. The van der Waals surface area contributed by atoms with Crippen molar-refractivity contribution in [2.45, 2.75) is 6.61 Å². The molecule has 0 N–H and O–H groups in total. The molecule has 0 aliphatic heterocycles. The molecule has 1 rings (SSSR count). The summed E-state index contributed by atoms with van der Waals surface area (Å²) in [5, 5.41) is 0. The van der Waals surface area contributed by atoms with Crippen molar-refractivity contribution in [3.05, 3.63) is 35.9 Å². The molecular formula is C7H8Cl2OSn. The molecule has 0 aliphatic rings. The Kier molecular flexibility index (Phi) is 4.60. The van der Waals surface area contributed by atoms with E-state index < -0.39 is 17.9 Å². The summed E-state index contributed by atoms with van der Waals surface area (Å²) in [4.78, 5) is 0. The molecule has 0 aliphatic carbocycles. The van der Waals surface area contributed by atoms with Crippen molar-refractivity contribution in [3.63, 3.8) is 0 Å². The fourth-order valence-electron chi connectivity index (χ4n) is 0.733. The molecular weight excluding hydrogens is 290 g/mol. The summed E-state index contributed by atoms with van der Waals surface area (Å²) in [6, 6.07) is 9.87. The normalized spacial score (nSPS) is 10.5. The molecule has 0 spiro atoms. The van der Waals surface area contributed by atoms with Crippen molar-refractivity contribution in [1.82, 2.24) is 0 Å². The van der Waals surface area contributed by atoms with Crippen LogP contribution in [0.4, 0.5) is 0 Å². The summed E-state index contributed by atoms with van der Waals surface area (Å²) in [5.41, 5.74) is 1.12. The number of hydrogen-bond donors (Lipinski definition) is 0. The summed E-state index contributed by atoms with van der Waals surface area (Å²) in [6.07, 6.45) is 0. The van der Waals surface area contributed by atoms with E-state index in [1.54, 1.807) is 0 Å². The Morgan fingerprint density at radius 3 is 2.36 bits per heavy atom. The van der Waals surface area contributed by atoms with Crippen LogP contribution in [0.15, 0.2) is 30.3 Å². The van der Waals surface area contributed by atoms with Gasteiger partial charge >= 0.3 is 81.3 Å². The first-order valence-corrected chi connectivity index (χ1v) is 12.9. The maximum absolute atomic E-state index is 5.58. The van der Waals surface area contributed by atoms with E-state index in [2.05, 4.69) is 0 Å². The second kappa shape index (κ2) is 5.25. The Morgan fingerprint density at radius 2 is 1.82 bits per heavy atom. The Hall–Kier alpha value is 0.559. The van der Waals surface area contributed by atoms with E-state index in [1.165, 1.54) is 0 Å². The van der Waals surface area contributed by atoms with Crippen molar-refractivity contribution >= 4 is 35.8 Å². The van der Waals surface area contributed by atoms with Crippen LogP contribution >= 0.6 is 17.8 Å². The first-order chi connectivity index (χ1) is 5.29. The van der Waals surface area contributed by atoms with Crippen LogP contribution in [0.5, 0.6) is 0 Å². The van der Waals surface area contributed by atoms with E-state index in [0.29, 0.717) is 6.61 Å². The number of benzene rings is 1. The zero-order valence-electron chi connectivity index (χ0n) is 5.84. The SMILES string of the molecule is [Cl][SnH]([Cl])[O]Cc1ccccc1. The predicted octanol–water partition coefficient (Wildman–Crippen LogP) is 2.40. The summed E-state index contributed by atoms with van der Waals surface area (Å²) in [6.45, 7) is 0.550. The molecule has 1 aromatic carbocycles. The minimum absolute atomic E-state index is 0.550. The van der Waals surface area contributed by atoms with Gasteiger partial charge in [-0.3, -0.25) is 0 Å². The monoisotopic (exact) mass is 298 g/mol. The summed E-state index contributed by atoms with van der Waals surface area (Å²) < 4.78 is 5.17. The van der Waals surface area contributed by atoms with E-state index in [0.717, 1.165) is 5.56 Å². The fourth-order valence-corrected chi connectivity index (χ4v) is 2.49. The van der Waals surface area contributed by atoms with E-state index in [-0.39, 0.29) is 0 Å². The van der Waals surface area contributed by atoms with Gasteiger partial charge in [0, 0.05) is 0 Å². The van der Waals surface area contributed by atoms with E-state index in [4.69, 9.17) is 20.9 Å². The predicted molar refractivity (Wildman–Crippen MR) is 50.1 cm³/mol. The molecule has 0 heterocycles. The number of rotatable bonds is 3. The zero-order valence-corrected chi connectivity index (χ0v) is 10.6. The first-order valence-electron chi connectivity index (χ1n) is 3.23. The van der Waals surface area contributed by atoms with Gasteiger partial charge in [0.25, 0.3) is 0 Å². The van der Waals surface area contributed by atoms with Crippen LogP contribution in [0.2, 0.25) is 0 Å². The Bertz CT molecular complexity index is 203. The van der Waals surface area contributed by atoms with Gasteiger partial charge in [-0.05, 0) is 0 Å². The second-order valence-electron chi connectivity index (χ2n) is 2.06. The van der Waals surface area contributed by atoms with E-state index >= 15 is 0 Å². The molecule has 60 valence electrons. The Labute approximate surface area is 81.0 Å². The van der Waals surface area contributed by atoms with Crippen LogP contribution in [0.3, 0.4) is 0 Å². The molecule has 0 atom stereocenters. The standard InChI is InChI=1S/C7H7O.2ClH.Sn.H/c8-6-7-4-2-1-3-5-7;;;;/h1-5H,6H2;2*1H;;/q-1;;;+3;/p-2. The third kappa shape index (κ3) is 4.21. The molecule has 11 heavy (non-hydrogen) atoms. The third-order valence-corrected chi connectivity index (χ3v) is 4.10. The van der Waals surface area contributed by atoms with Crippen LogP contribution in [0.1, 0.15) is 5.56 Å². The Balaban J connectivity index is 2.39. The van der Waals surface area contributed by atoms with Gasteiger partial charge in [-0.25, -0.2) is 0 Å². The van der Waals surface area contributed by atoms with Crippen LogP contribution in [0, 0.1) is 0 Å². The molecule has 0 saturated carbocycles. The van der Waals surface area contributed by atoms with E-state index in [9.17, 15) is 0 Å². The molecule has 0 unspecified atom stereocenters. The second-order valence-corrected chi connectivity index (χ2v) is 11.3. The molecule has 0 saturated heterocycles. The van der Waals surface area contributed by atoms with Crippen molar-refractivity contribution in [3.8, 4) is 0 Å². The van der Waals surface area contributed by atoms with Crippen LogP contribution < -0.4 is 0 Å². The topological polar surface area (TPSA) is 9.23 Å². The van der Waals surface area contributed by atoms with Crippen molar-refractivity contribution in [2.75, 3.05) is 0 Å². The minimum atomic E-state index is -2.49. The van der Waals surface area contributed by atoms with Gasteiger partial charge in [-0.15, -0.1) is 0 Å².